The minimum atomic E-state index is 0.773. The van der Waals surface area contributed by atoms with Gasteiger partial charge >= 0.3 is 0 Å². The van der Waals surface area contributed by atoms with Crippen LogP contribution in [0.2, 0.25) is 0 Å². The summed E-state index contributed by atoms with van der Waals surface area (Å²) in [6.45, 7) is 5.67. The Bertz CT molecular complexity index is 245. The maximum Gasteiger partial charge on any atom is 0.0323 e. The van der Waals surface area contributed by atoms with Crippen LogP contribution in [0.25, 0.3) is 0 Å². The monoisotopic (exact) mass is 206 g/mol. The Hall–Kier alpha value is -0.630. The summed E-state index contributed by atoms with van der Waals surface area (Å²) < 4.78 is 0. The summed E-state index contributed by atoms with van der Waals surface area (Å²) in [5.74, 6) is 1.97. The molecule has 1 N–H and O–H groups in total. The molecule has 84 valence electrons. The van der Waals surface area contributed by atoms with E-state index in [4.69, 9.17) is 5.41 Å². The maximum absolute atomic E-state index is 7.70. The molecule has 0 spiro atoms. The lowest BCUT2D eigenvalue weighted by Gasteiger charge is -2.15. The zero-order chi connectivity index (χ0) is 10.7. The SMILES string of the molecule is C/C=C\C(=N)CCN1CC2CCCC2C1. The molecule has 1 aliphatic heterocycles. The van der Waals surface area contributed by atoms with E-state index in [-0.39, 0.29) is 0 Å². The van der Waals surface area contributed by atoms with Crippen LogP contribution >= 0.6 is 0 Å². The van der Waals surface area contributed by atoms with Crippen molar-refractivity contribution in [3.63, 3.8) is 0 Å². The molecule has 1 saturated carbocycles. The van der Waals surface area contributed by atoms with Crippen molar-refractivity contribution in [2.24, 2.45) is 11.8 Å². The average molecular weight is 206 g/mol. The highest BCUT2D eigenvalue weighted by Crippen LogP contribution is 2.37. The van der Waals surface area contributed by atoms with Crippen LogP contribution in [0.4, 0.5) is 0 Å². The summed E-state index contributed by atoms with van der Waals surface area (Å²) >= 11 is 0. The van der Waals surface area contributed by atoms with Crippen molar-refractivity contribution in [3.8, 4) is 0 Å². The number of hydrogen-bond acceptors (Lipinski definition) is 2. The van der Waals surface area contributed by atoms with Gasteiger partial charge in [-0.1, -0.05) is 12.5 Å². The van der Waals surface area contributed by atoms with Crippen molar-refractivity contribution in [3.05, 3.63) is 12.2 Å². The van der Waals surface area contributed by atoms with Gasteiger partial charge in [0.2, 0.25) is 0 Å². The third-order valence-corrected chi connectivity index (χ3v) is 3.87. The number of nitrogens with zero attached hydrogens (tertiary/aromatic N) is 1. The molecule has 2 atom stereocenters. The van der Waals surface area contributed by atoms with Crippen molar-refractivity contribution >= 4 is 5.71 Å². The van der Waals surface area contributed by atoms with E-state index in [0.29, 0.717) is 0 Å². The molecule has 1 aliphatic carbocycles. The predicted octanol–water partition coefficient (Wildman–Crippen LogP) is 2.70. The van der Waals surface area contributed by atoms with Crippen molar-refractivity contribution in [2.45, 2.75) is 32.6 Å². The largest absolute Gasteiger partial charge is 0.305 e. The third-order valence-electron chi connectivity index (χ3n) is 3.87. The molecule has 15 heavy (non-hydrogen) atoms. The number of rotatable bonds is 4. The second kappa shape index (κ2) is 4.93. The molecule has 2 nitrogen and oxygen atoms in total. The summed E-state index contributed by atoms with van der Waals surface area (Å²) in [4.78, 5) is 2.56. The molecule has 2 unspecified atom stereocenters. The highest BCUT2D eigenvalue weighted by molar-refractivity contribution is 5.92. The minimum Gasteiger partial charge on any atom is -0.305 e. The van der Waals surface area contributed by atoms with Gasteiger partial charge in [-0.3, -0.25) is 0 Å². The van der Waals surface area contributed by atoms with E-state index < -0.39 is 0 Å². The first-order chi connectivity index (χ1) is 7.29. The van der Waals surface area contributed by atoms with E-state index >= 15 is 0 Å². The van der Waals surface area contributed by atoms with Gasteiger partial charge in [-0.15, -0.1) is 0 Å². The topological polar surface area (TPSA) is 27.1 Å². The van der Waals surface area contributed by atoms with Crippen LogP contribution in [0.5, 0.6) is 0 Å². The number of likely N-dealkylation sites (tertiary alicyclic amines) is 1. The van der Waals surface area contributed by atoms with Crippen LogP contribution < -0.4 is 0 Å². The highest BCUT2D eigenvalue weighted by Gasteiger charge is 2.35. The van der Waals surface area contributed by atoms with Gasteiger partial charge in [-0.25, -0.2) is 0 Å². The number of nitrogens with one attached hydrogen (secondary N) is 1. The van der Waals surface area contributed by atoms with Crippen molar-refractivity contribution in [1.82, 2.24) is 4.90 Å². The molecule has 2 rings (SSSR count). The first-order valence-corrected chi connectivity index (χ1v) is 6.22. The van der Waals surface area contributed by atoms with Crippen molar-refractivity contribution < 1.29 is 0 Å². The van der Waals surface area contributed by atoms with E-state index in [1.807, 2.05) is 19.1 Å². The molecule has 0 bridgehead atoms. The standard InChI is InChI=1S/C13H22N2/c1-2-4-13(14)7-8-15-9-11-5-3-6-12(11)10-15/h2,4,11-12,14H,3,5-10H2,1H3/b4-2-,14-13?. The predicted molar refractivity (Wildman–Crippen MR) is 64.4 cm³/mol. The minimum absolute atomic E-state index is 0.773. The van der Waals surface area contributed by atoms with E-state index in [9.17, 15) is 0 Å². The molecule has 2 fully saturated rings. The van der Waals surface area contributed by atoms with Crippen LogP contribution in [0, 0.1) is 17.2 Å². The molecule has 0 aromatic carbocycles. The Balaban J connectivity index is 1.71. The van der Waals surface area contributed by atoms with Crippen LogP contribution in [0.15, 0.2) is 12.2 Å². The second-order valence-corrected chi connectivity index (χ2v) is 4.99. The van der Waals surface area contributed by atoms with Crippen LogP contribution in [0.1, 0.15) is 32.6 Å². The zero-order valence-electron chi connectivity index (χ0n) is 9.71. The number of hydrogen-bond donors (Lipinski definition) is 1. The Morgan fingerprint density at radius 3 is 2.60 bits per heavy atom. The molecule has 2 heteroatoms. The fourth-order valence-corrected chi connectivity index (χ4v) is 3.08. The molecule has 0 radical (unpaired) electrons. The molecule has 0 aromatic heterocycles. The van der Waals surface area contributed by atoms with Crippen molar-refractivity contribution in [1.29, 1.82) is 5.41 Å². The molecule has 0 aromatic rings. The zero-order valence-corrected chi connectivity index (χ0v) is 9.71. The van der Waals surface area contributed by atoms with Gasteiger partial charge in [0.05, 0.1) is 0 Å². The van der Waals surface area contributed by atoms with E-state index in [0.717, 1.165) is 30.5 Å². The molecule has 0 amide bonds. The fraction of sp³-hybridized carbons (Fsp3) is 0.769. The van der Waals surface area contributed by atoms with E-state index in [1.165, 1.54) is 32.4 Å². The molecular formula is C13H22N2. The van der Waals surface area contributed by atoms with Gasteiger partial charge < -0.3 is 10.3 Å². The number of allylic oxidation sites excluding steroid dienone is 2. The quantitative estimate of drug-likeness (QED) is 0.703. The lowest BCUT2D eigenvalue weighted by atomic mass is 10.0. The van der Waals surface area contributed by atoms with Crippen LogP contribution in [-0.2, 0) is 0 Å². The third kappa shape index (κ3) is 2.69. The van der Waals surface area contributed by atoms with E-state index in [2.05, 4.69) is 4.90 Å². The first kappa shape index (κ1) is 10.9. The number of fused-ring (bicyclic) bond motifs is 1. The Morgan fingerprint density at radius 2 is 2.00 bits per heavy atom. The molecule has 1 saturated heterocycles. The first-order valence-electron chi connectivity index (χ1n) is 6.22. The Morgan fingerprint density at radius 1 is 1.33 bits per heavy atom. The normalized spacial score (nSPS) is 31.3. The van der Waals surface area contributed by atoms with Gasteiger partial charge in [0.25, 0.3) is 0 Å². The fourth-order valence-electron chi connectivity index (χ4n) is 3.08. The Kier molecular flexibility index (Phi) is 3.57. The second-order valence-electron chi connectivity index (χ2n) is 4.99. The summed E-state index contributed by atoms with van der Waals surface area (Å²) in [5.41, 5.74) is 0.773. The average Bonchev–Trinajstić information content (AvgIpc) is 2.74. The maximum atomic E-state index is 7.70. The van der Waals surface area contributed by atoms with Gasteiger partial charge in [0.15, 0.2) is 0 Å². The molecule has 2 aliphatic rings. The summed E-state index contributed by atoms with van der Waals surface area (Å²) in [6, 6.07) is 0. The van der Waals surface area contributed by atoms with Crippen LogP contribution in [0.3, 0.4) is 0 Å². The molecular weight excluding hydrogens is 184 g/mol. The van der Waals surface area contributed by atoms with Gasteiger partial charge in [0.1, 0.15) is 0 Å². The van der Waals surface area contributed by atoms with Crippen LogP contribution in [-0.4, -0.2) is 30.2 Å². The van der Waals surface area contributed by atoms with Gasteiger partial charge in [-0.05, 0) is 37.7 Å². The van der Waals surface area contributed by atoms with Crippen molar-refractivity contribution in [2.75, 3.05) is 19.6 Å². The summed E-state index contributed by atoms with van der Waals surface area (Å²) in [5, 5.41) is 7.70. The Labute approximate surface area is 92.9 Å². The summed E-state index contributed by atoms with van der Waals surface area (Å²) in [6.07, 6.45) is 9.15. The lowest BCUT2D eigenvalue weighted by Crippen LogP contribution is -2.24. The molecule has 1 heterocycles. The lowest BCUT2D eigenvalue weighted by molar-refractivity contribution is 0.320. The van der Waals surface area contributed by atoms with E-state index in [1.54, 1.807) is 0 Å². The summed E-state index contributed by atoms with van der Waals surface area (Å²) in [7, 11) is 0. The van der Waals surface area contributed by atoms with Gasteiger partial charge in [-0.2, -0.15) is 0 Å². The highest BCUT2D eigenvalue weighted by atomic mass is 15.2. The smallest absolute Gasteiger partial charge is 0.0323 e. The van der Waals surface area contributed by atoms with Gasteiger partial charge in [0, 0.05) is 31.8 Å².